The maximum absolute atomic E-state index is 12.3. The Morgan fingerprint density at radius 2 is 2.20 bits per heavy atom. The molecule has 2 rings (SSSR count). The van der Waals surface area contributed by atoms with Crippen molar-refractivity contribution in [3.63, 3.8) is 0 Å². The highest BCUT2D eigenvalue weighted by molar-refractivity contribution is 8.00. The first kappa shape index (κ1) is 14.9. The Kier molecular flexibility index (Phi) is 5.05. The minimum Gasteiger partial charge on any atom is -0.396 e. The van der Waals surface area contributed by atoms with Crippen LogP contribution in [-0.4, -0.2) is 35.2 Å². The lowest BCUT2D eigenvalue weighted by Gasteiger charge is -2.17. The van der Waals surface area contributed by atoms with Crippen LogP contribution in [0, 0.1) is 17.2 Å². The van der Waals surface area contributed by atoms with Crippen LogP contribution >= 0.6 is 11.8 Å². The fraction of sp³-hybridized carbons (Fsp3) is 0.467. The fourth-order valence-electron chi connectivity index (χ4n) is 2.11. The molecule has 1 aliphatic heterocycles. The summed E-state index contributed by atoms with van der Waals surface area (Å²) < 4.78 is 0. The highest BCUT2D eigenvalue weighted by atomic mass is 32.2. The molecule has 4 nitrogen and oxygen atoms in total. The summed E-state index contributed by atoms with van der Waals surface area (Å²) in [7, 11) is 0. The van der Waals surface area contributed by atoms with Crippen LogP contribution in [0.4, 0.5) is 5.69 Å². The predicted octanol–water partition coefficient (Wildman–Crippen LogP) is 2.03. The van der Waals surface area contributed by atoms with E-state index in [4.69, 9.17) is 10.4 Å². The van der Waals surface area contributed by atoms with Crippen molar-refractivity contribution in [2.24, 2.45) is 5.92 Å². The number of aliphatic hydroxyl groups is 1. The van der Waals surface area contributed by atoms with Gasteiger partial charge in [-0.15, -0.1) is 11.8 Å². The summed E-state index contributed by atoms with van der Waals surface area (Å²) in [5.41, 5.74) is 1.45. The number of hydrogen-bond acceptors (Lipinski definition) is 4. The number of benzene rings is 1. The highest BCUT2D eigenvalue weighted by Gasteiger charge is 2.32. The van der Waals surface area contributed by atoms with Crippen LogP contribution in [-0.2, 0) is 4.79 Å². The molecule has 1 heterocycles. The molecule has 0 aromatic heterocycles. The van der Waals surface area contributed by atoms with Gasteiger partial charge in [-0.25, -0.2) is 0 Å². The van der Waals surface area contributed by atoms with Gasteiger partial charge in [0.15, 0.2) is 0 Å². The summed E-state index contributed by atoms with van der Waals surface area (Å²) in [6, 6.07) is 9.18. The van der Waals surface area contributed by atoms with E-state index in [-0.39, 0.29) is 23.7 Å². The van der Waals surface area contributed by atoms with Crippen molar-refractivity contribution in [2.45, 2.75) is 18.6 Å². The molecule has 1 aromatic carbocycles. The van der Waals surface area contributed by atoms with E-state index in [1.165, 1.54) is 0 Å². The lowest BCUT2D eigenvalue weighted by Crippen LogP contribution is -2.28. The zero-order valence-corrected chi connectivity index (χ0v) is 12.3. The number of aliphatic hydroxyl groups excluding tert-OH is 1. The summed E-state index contributed by atoms with van der Waals surface area (Å²) in [6.45, 7) is 2.86. The molecule has 0 saturated carbocycles. The smallest absolute Gasteiger partial charge is 0.240 e. The van der Waals surface area contributed by atoms with Gasteiger partial charge in [-0.1, -0.05) is 6.92 Å². The first-order valence-electron chi connectivity index (χ1n) is 6.69. The van der Waals surface area contributed by atoms with Gasteiger partial charge in [-0.2, -0.15) is 5.26 Å². The van der Waals surface area contributed by atoms with Gasteiger partial charge >= 0.3 is 0 Å². The molecule has 0 unspecified atom stereocenters. The second-order valence-corrected chi connectivity index (χ2v) is 6.28. The molecule has 0 spiro atoms. The molecule has 1 aromatic rings. The third-order valence-electron chi connectivity index (χ3n) is 3.36. The minimum atomic E-state index is -0.0142. The van der Waals surface area contributed by atoms with E-state index in [9.17, 15) is 4.79 Å². The van der Waals surface area contributed by atoms with Crippen molar-refractivity contribution < 1.29 is 9.90 Å². The number of hydrogen-bond donors (Lipinski definition) is 1. The molecule has 5 heteroatoms. The van der Waals surface area contributed by atoms with Crippen LogP contribution in [0.25, 0.3) is 0 Å². The zero-order chi connectivity index (χ0) is 14.5. The molecular weight excluding hydrogens is 272 g/mol. The predicted molar refractivity (Wildman–Crippen MR) is 80.6 cm³/mol. The quantitative estimate of drug-likeness (QED) is 0.901. The average Bonchev–Trinajstić information content (AvgIpc) is 2.86. The van der Waals surface area contributed by atoms with Gasteiger partial charge in [0.2, 0.25) is 5.91 Å². The van der Waals surface area contributed by atoms with Gasteiger partial charge in [0, 0.05) is 18.8 Å². The summed E-state index contributed by atoms with van der Waals surface area (Å²) in [5.74, 6) is 1.15. The van der Waals surface area contributed by atoms with Crippen molar-refractivity contribution >= 4 is 23.4 Å². The number of nitrogens with zero attached hydrogens (tertiary/aromatic N) is 2. The molecule has 0 radical (unpaired) electrons. The van der Waals surface area contributed by atoms with E-state index in [2.05, 4.69) is 6.07 Å². The number of thioether (sulfide) groups is 1. The topological polar surface area (TPSA) is 64.3 Å². The molecule has 1 N–H and O–H groups in total. The maximum Gasteiger partial charge on any atom is 0.240 e. The molecule has 1 fully saturated rings. The van der Waals surface area contributed by atoms with Crippen LogP contribution in [0.15, 0.2) is 24.3 Å². The van der Waals surface area contributed by atoms with Crippen LogP contribution in [0.1, 0.15) is 18.9 Å². The Morgan fingerprint density at radius 1 is 1.50 bits per heavy atom. The van der Waals surface area contributed by atoms with Crippen molar-refractivity contribution in [1.82, 2.24) is 0 Å². The van der Waals surface area contributed by atoms with Gasteiger partial charge in [0.25, 0.3) is 0 Å². The van der Waals surface area contributed by atoms with Gasteiger partial charge in [-0.3, -0.25) is 4.79 Å². The third kappa shape index (κ3) is 3.33. The lowest BCUT2D eigenvalue weighted by molar-refractivity contribution is -0.116. The van der Waals surface area contributed by atoms with E-state index in [1.807, 2.05) is 19.1 Å². The maximum atomic E-state index is 12.3. The van der Waals surface area contributed by atoms with Crippen LogP contribution in [0.5, 0.6) is 0 Å². The Balaban J connectivity index is 1.98. The fourth-order valence-corrected chi connectivity index (χ4v) is 3.32. The summed E-state index contributed by atoms with van der Waals surface area (Å²) in [4.78, 5) is 14.1. The summed E-state index contributed by atoms with van der Waals surface area (Å²) in [6.07, 6.45) is 0.835. The zero-order valence-electron chi connectivity index (χ0n) is 11.5. The van der Waals surface area contributed by atoms with E-state index in [0.717, 1.165) is 24.4 Å². The largest absolute Gasteiger partial charge is 0.396 e. The van der Waals surface area contributed by atoms with Crippen molar-refractivity contribution in [3.05, 3.63) is 29.8 Å². The number of nitriles is 1. The van der Waals surface area contributed by atoms with Gasteiger partial charge < -0.3 is 10.0 Å². The second kappa shape index (κ2) is 6.78. The van der Waals surface area contributed by atoms with Gasteiger partial charge in [0.05, 0.1) is 16.9 Å². The van der Waals surface area contributed by atoms with Gasteiger partial charge in [0.1, 0.15) is 0 Å². The van der Waals surface area contributed by atoms with Crippen molar-refractivity contribution in [1.29, 1.82) is 5.26 Å². The summed E-state index contributed by atoms with van der Waals surface area (Å²) in [5, 5.41) is 17.8. The minimum absolute atomic E-state index is 0.0142. The normalized spacial score (nSPS) is 19.9. The molecule has 106 valence electrons. The average molecular weight is 290 g/mol. The number of anilines is 1. The SMILES string of the molecule is C[C@@H](CO)CS[C@H]1CCN(c2ccc(C#N)cc2)C1=O. The molecule has 1 amide bonds. The Hall–Kier alpha value is -1.51. The number of amides is 1. The molecule has 1 aliphatic rings. The first-order chi connectivity index (χ1) is 9.65. The number of rotatable bonds is 5. The molecular formula is C15H18N2O2S. The molecule has 1 saturated heterocycles. The van der Waals surface area contributed by atoms with E-state index < -0.39 is 0 Å². The van der Waals surface area contributed by atoms with Gasteiger partial charge in [-0.05, 0) is 42.4 Å². The molecule has 0 aliphatic carbocycles. The monoisotopic (exact) mass is 290 g/mol. The van der Waals surface area contributed by atoms with Crippen molar-refractivity contribution in [3.8, 4) is 6.07 Å². The standard InChI is InChI=1S/C15H18N2O2S/c1-11(9-18)10-20-14-6-7-17(15(14)19)13-4-2-12(8-16)3-5-13/h2-5,11,14,18H,6-7,9-10H2,1H3/t11-,14-/m0/s1. The molecule has 20 heavy (non-hydrogen) atoms. The first-order valence-corrected chi connectivity index (χ1v) is 7.74. The second-order valence-electron chi connectivity index (χ2n) is 5.05. The van der Waals surface area contributed by atoms with E-state index in [0.29, 0.717) is 5.56 Å². The highest BCUT2D eigenvalue weighted by Crippen LogP contribution is 2.29. The Morgan fingerprint density at radius 3 is 2.80 bits per heavy atom. The third-order valence-corrected chi connectivity index (χ3v) is 4.96. The number of carbonyl (C=O) groups excluding carboxylic acids is 1. The van der Waals surface area contributed by atoms with Crippen LogP contribution < -0.4 is 4.90 Å². The number of carbonyl (C=O) groups is 1. The Bertz CT molecular complexity index is 510. The Labute approximate surface area is 123 Å². The molecule has 0 bridgehead atoms. The molecule has 2 atom stereocenters. The van der Waals surface area contributed by atoms with Crippen molar-refractivity contribution in [2.75, 3.05) is 23.8 Å². The van der Waals surface area contributed by atoms with Crippen LogP contribution in [0.3, 0.4) is 0 Å². The van der Waals surface area contributed by atoms with E-state index in [1.54, 1.807) is 28.8 Å². The van der Waals surface area contributed by atoms with E-state index >= 15 is 0 Å². The summed E-state index contributed by atoms with van der Waals surface area (Å²) >= 11 is 1.63. The van der Waals surface area contributed by atoms with Crippen LogP contribution in [0.2, 0.25) is 0 Å². The lowest BCUT2D eigenvalue weighted by atomic mass is 10.2.